The lowest BCUT2D eigenvalue weighted by Gasteiger charge is -2.41. The van der Waals surface area contributed by atoms with Crippen LogP contribution in [0.1, 0.15) is 220 Å². The van der Waals surface area contributed by atoms with E-state index < -0.39 is 67.4 Å². The number of carbonyl (C=O) groups excluding carboxylic acids is 2. The van der Waals surface area contributed by atoms with Gasteiger partial charge in [-0.25, -0.2) is 0 Å². The van der Waals surface area contributed by atoms with Crippen molar-refractivity contribution < 1.29 is 49.3 Å². The largest absolute Gasteiger partial charge is 0.454 e. The molecule has 1 fully saturated rings. The van der Waals surface area contributed by atoms with E-state index in [1.54, 1.807) is 6.08 Å². The van der Waals surface area contributed by atoms with Gasteiger partial charge in [-0.2, -0.15) is 0 Å². The first-order valence-corrected chi connectivity index (χ1v) is 29.7. The van der Waals surface area contributed by atoms with E-state index in [0.717, 1.165) is 96.3 Å². The summed E-state index contributed by atoms with van der Waals surface area (Å²) in [4.78, 5) is 26.5. The minimum absolute atomic E-state index is 0.0769. The lowest BCUT2D eigenvalue weighted by molar-refractivity contribution is -0.305. The molecule has 1 rings (SSSR count). The number of ether oxygens (including phenoxy) is 3. The van der Waals surface area contributed by atoms with Crippen molar-refractivity contribution in [2.24, 2.45) is 0 Å². The smallest absolute Gasteiger partial charge is 0.306 e. The average molecular weight is 1050 g/mol. The number of rotatable bonds is 48. The van der Waals surface area contributed by atoms with Gasteiger partial charge in [-0.1, -0.05) is 233 Å². The standard InChI is InChI=1S/C64H107NO10/c1-4-7-10-13-16-19-22-25-27-28-29-30-31-34-37-40-43-46-49-52-59(69)75-62-61(71)60(70)58(53-66)74-64(62)73-54-55(56(67)50-47-44-41-38-35-32-24-21-18-15-12-9-6-3)65-63(72)57(68)51-48-45-42-39-36-33-26-23-20-17-14-11-8-5-2/h8,11,14,16-17,19-20,23,25-27,29-30,33-34,37,47,50,55-58,60-62,64,66-68,70-71H,4-7,9-10,12-13,15,18,21-22,24,28,31-32,35-36,38-46,48-49,51-54H2,1-3H3,(H,65,72)/b11-8+,17-14+,19-16-,23-20+,27-25-,30-29-,33-26-,37-34-,50-47+. The lowest BCUT2D eigenvalue weighted by Crippen LogP contribution is -2.61. The fourth-order valence-corrected chi connectivity index (χ4v) is 8.53. The van der Waals surface area contributed by atoms with Gasteiger partial charge in [0.2, 0.25) is 5.91 Å². The molecule has 1 heterocycles. The summed E-state index contributed by atoms with van der Waals surface area (Å²) in [6.07, 6.45) is 58.3. The number of unbranched alkanes of at least 4 members (excludes halogenated alkanes) is 21. The Morgan fingerprint density at radius 3 is 1.59 bits per heavy atom. The van der Waals surface area contributed by atoms with Crippen LogP contribution in [-0.4, -0.2) is 99.6 Å². The molecule has 1 saturated heterocycles. The Morgan fingerprint density at radius 2 is 1.01 bits per heavy atom. The topological polar surface area (TPSA) is 175 Å². The number of carbonyl (C=O) groups is 2. The zero-order valence-corrected chi connectivity index (χ0v) is 47.1. The SMILES string of the molecule is CC/C=C/C=C/C=C/C=C\CCCCCCC(O)C(=O)NC(COC1OC(CO)C(O)C(O)C1OC(=O)CCCCC/C=C\C/C=C\C/C=C\C/C=C\CCCCC)C(O)/C=C/CCCCCCCCCCCCC. The molecule has 0 bridgehead atoms. The molecule has 8 unspecified atom stereocenters. The van der Waals surface area contributed by atoms with Crippen LogP contribution in [0.25, 0.3) is 0 Å². The average Bonchev–Trinajstić information content (AvgIpc) is 3.41. The van der Waals surface area contributed by atoms with Crippen LogP contribution >= 0.6 is 0 Å². The highest BCUT2D eigenvalue weighted by Gasteiger charge is 2.47. The van der Waals surface area contributed by atoms with Gasteiger partial charge < -0.3 is 45.1 Å². The first-order chi connectivity index (χ1) is 36.7. The van der Waals surface area contributed by atoms with E-state index in [4.69, 9.17) is 14.2 Å². The molecule has 1 amide bonds. The molecule has 0 radical (unpaired) electrons. The van der Waals surface area contributed by atoms with Gasteiger partial charge in [0.05, 0.1) is 25.4 Å². The molecule has 1 aliphatic rings. The summed E-state index contributed by atoms with van der Waals surface area (Å²) in [5, 5.41) is 56.9. The Morgan fingerprint density at radius 1 is 0.547 bits per heavy atom. The van der Waals surface area contributed by atoms with Crippen molar-refractivity contribution in [1.29, 1.82) is 0 Å². The molecule has 0 aromatic carbocycles. The molecule has 0 aromatic heterocycles. The third-order valence-corrected chi connectivity index (χ3v) is 13.3. The van der Waals surface area contributed by atoms with E-state index >= 15 is 0 Å². The van der Waals surface area contributed by atoms with E-state index in [1.165, 1.54) is 77.0 Å². The molecule has 428 valence electrons. The molecule has 0 aliphatic carbocycles. The minimum Gasteiger partial charge on any atom is -0.454 e. The second kappa shape index (κ2) is 51.1. The van der Waals surface area contributed by atoms with Gasteiger partial charge in [-0.05, 0) is 89.9 Å². The summed E-state index contributed by atoms with van der Waals surface area (Å²) in [5.41, 5.74) is 0. The number of aliphatic hydroxyl groups is 5. The van der Waals surface area contributed by atoms with E-state index in [-0.39, 0.29) is 19.4 Å². The van der Waals surface area contributed by atoms with Gasteiger partial charge in [0.15, 0.2) is 12.4 Å². The highest BCUT2D eigenvalue weighted by molar-refractivity contribution is 5.80. The number of amides is 1. The Kier molecular flexibility index (Phi) is 47.2. The first-order valence-electron chi connectivity index (χ1n) is 29.7. The molecular weight excluding hydrogens is 943 g/mol. The predicted molar refractivity (Wildman–Crippen MR) is 310 cm³/mol. The van der Waals surface area contributed by atoms with Crippen molar-refractivity contribution in [3.8, 4) is 0 Å². The third-order valence-electron chi connectivity index (χ3n) is 13.3. The Balaban J connectivity index is 2.76. The van der Waals surface area contributed by atoms with Crippen LogP contribution in [0.4, 0.5) is 0 Å². The zero-order valence-electron chi connectivity index (χ0n) is 47.1. The molecule has 11 heteroatoms. The summed E-state index contributed by atoms with van der Waals surface area (Å²) in [6.45, 7) is 5.57. The maximum absolute atomic E-state index is 13.4. The van der Waals surface area contributed by atoms with Crippen LogP contribution in [0, 0.1) is 0 Å². The van der Waals surface area contributed by atoms with Crippen molar-refractivity contribution in [2.45, 2.75) is 269 Å². The van der Waals surface area contributed by atoms with E-state index in [2.05, 4.69) is 86.8 Å². The monoisotopic (exact) mass is 1050 g/mol. The number of nitrogens with one attached hydrogen (secondary N) is 1. The van der Waals surface area contributed by atoms with Crippen molar-refractivity contribution in [1.82, 2.24) is 5.32 Å². The minimum atomic E-state index is -1.64. The summed E-state index contributed by atoms with van der Waals surface area (Å²) in [6, 6.07) is -1.05. The van der Waals surface area contributed by atoms with Crippen LogP contribution < -0.4 is 5.32 Å². The van der Waals surface area contributed by atoms with Crippen molar-refractivity contribution >= 4 is 11.9 Å². The van der Waals surface area contributed by atoms with Crippen molar-refractivity contribution in [3.05, 3.63) is 109 Å². The van der Waals surface area contributed by atoms with Gasteiger partial charge in [-0.15, -0.1) is 0 Å². The molecule has 6 N–H and O–H groups in total. The van der Waals surface area contributed by atoms with Crippen LogP contribution in [0.3, 0.4) is 0 Å². The van der Waals surface area contributed by atoms with Crippen LogP contribution in [-0.2, 0) is 23.8 Å². The highest BCUT2D eigenvalue weighted by atomic mass is 16.7. The molecule has 0 aromatic rings. The Hall–Kier alpha value is -3.68. The first kappa shape index (κ1) is 69.3. The van der Waals surface area contributed by atoms with Crippen LogP contribution in [0.15, 0.2) is 109 Å². The molecular formula is C64H107NO10. The fourth-order valence-electron chi connectivity index (χ4n) is 8.53. The number of allylic oxidation sites excluding steroid dienone is 17. The van der Waals surface area contributed by atoms with Gasteiger partial charge >= 0.3 is 5.97 Å². The number of aliphatic hydroxyl groups excluding tert-OH is 5. The molecule has 0 saturated carbocycles. The van der Waals surface area contributed by atoms with Crippen molar-refractivity contribution in [2.75, 3.05) is 13.2 Å². The third kappa shape index (κ3) is 39.4. The second-order valence-electron chi connectivity index (χ2n) is 20.1. The lowest BCUT2D eigenvalue weighted by atomic mass is 9.99. The fraction of sp³-hybridized carbons (Fsp3) is 0.688. The normalized spacial score (nSPS) is 20.0. The maximum atomic E-state index is 13.4. The zero-order chi connectivity index (χ0) is 54.7. The highest BCUT2D eigenvalue weighted by Crippen LogP contribution is 2.26. The second-order valence-corrected chi connectivity index (χ2v) is 20.1. The summed E-state index contributed by atoms with van der Waals surface area (Å²) >= 11 is 0. The van der Waals surface area contributed by atoms with Crippen LogP contribution in [0.5, 0.6) is 0 Å². The molecule has 0 spiro atoms. The number of esters is 1. The van der Waals surface area contributed by atoms with Gasteiger partial charge in [-0.3, -0.25) is 9.59 Å². The molecule has 75 heavy (non-hydrogen) atoms. The van der Waals surface area contributed by atoms with Gasteiger partial charge in [0, 0.05) is 6.42 Å². The summed E-state index contributed by atoms with van der Waals surface area (Å²) < 4.78 is 17.6. The number of hydrogen-bond donors (Lipinski definition) is 6. The van der Waals surface area contributed by atoms with Crippen LogP contribution in [0.2, 0.25) is 0 Å². The molecule has 11 nitrogen and oxygen atoms in total. The van der Waals surface area contributed by atoms with E-state index in [1.807, 2.05) is 42.5 Å². The quantitative estimate of drug-likeness (QED) is 0.0149. The summed E-state index contributed by atoms with van der Waals surface area (Å²) in [7, 11) is 0. The predicted octanol–water partition coefficient (Wildman–Crippen LogP) is 13.7. The maximum Gasteiger partial charge on any atom is 0.306 e. The van der Waals surface area contributed by atoms with E-state index in [0.29, 0.717) is 12.8 Å². The summed E-state index contributed by atoms with van der Waals surface area (Å²) in [5.74, 6) is -1.26. The Labute approximate surface area is 456 Å². The number of hydrogen-bond acceptors (Lipinski definition) is 10. The Bertz CT molecular complexity index is 1630. The van der Waals surface area contributed by atoms with Gasteiger partial charge in [0.1, 0.15) is 24.4 Å². The molecule has 1 aliphatic heterocycles. The molecule has 8 atom stereocenters. The van der Waals surface area contributed by atoms with Crippen molar-refractivity contribution in [3.63, 3.8) is 0 Å². The van der Waals surface area contributed by atoms with Gasteiger partial charge in [0.25, 0.3) is 0 Å². The van der Waals surface area contributed by atoms with E-state index in [9.17, 15) is 35.1 Å².